The Bertz CT molecular complexity index is 953. The molecule has 0 saturated heterocycles. The van der Waals surface area contributed by atoms with E-state index < -0.39 is 30.1 Å². The van der Waals surface area contributed by atoms with E-state index in [9.17, 15) is 14.4 Å². The van der Waals surface area contributed by atoms with Crippen LogP contribution in [0.5, 0.6) is 0 Å². The summed E-state index contributed by atoms with van der Waals surface area (Å²) in [6, 6.07) is 15.2. The second kappa shape index (κ2) is 11.7. The van der Waals surface area contributed by atoms with Gasteiger partial charge in [0.15, 0.2) is 6.10 Å². The highest BCUT2D eigenvalue weighted by Crippen LogP contribution is 2.44. The first-order valence-corrected chi connectivity index (χ1v) is 12.0. The van der Waals surface area contributed by atoms with Gasteiger partial charge in [0.05, 0.1) is 6.54 Å². The lowest BCUT2D eigenvalue weighted by molar-refractivity contribution is -0.148. The lowest BCUT2D eigenvalue weighted by Gasteiger charge is -2.20. The van der Waals surface area contributed by atoms with Crippen molar-refractivity contribution in [2.24, 2.45) is 0 Å². The van der Waals surface area contributed by atoms with Crippen molar-refractivity contribution in [1.82, 2.24) is 10.6 Å². The number of benzene rings is 2. The summed E-state index contributed by atoms with van der Waals surface area (Å²) in [5, 5.41) is 14.2. The van der Waals surface area contributed by atoms with Crippen LogP contribution in [0.25, 0.3) is 11.1 Å². The van der Waals surface area contributed by atoms with E-state index in [1.165, 1.54) is 18.9 Å². The summed E-state index contributed by atoms with van der Waals surface area (Å²) in [6.45, 7) is -0.0612. The number of ether oxygens (including phenoxy) is 2. The molecule has 176 valence electrons. The minimum atomic E-state index is -1.18. The van der Waals surface area contributed by atoms with Crippen molar-refractivity contribution >= 4 is 29.7 Å². The van der Waals surface area contributed by atoms with Gasteiger partial charge in [-0.25, -0.2) is 9.59 Å². The molecular weight excluding hydrogens is 444 g/mol. The summed E-state index contributed by atoms with van der Waals surface area (Å²) < 4.78 is 10.4. The second-order valence-corrected chi connectivity index (χ2v) is 8.60. The average Bonchev–Trinajstić information content (AvgIpc) is 3.14. The summed E-state index contributed by atoms with van der Waals surface area (Å²) in [7, 11) is 1.26. The smallest absolute Gasteiger partial charge is 0.407 e. The van der Waals surface area contributed by atoms with E-state index in [4.69, 9.17) is 14.6 Å². The van der Waals surface area contributed by atoms with Gasteiger partial charge >= 0.3 is 12.1 Å². The Labute approximate surface area is 197 Å². The highest BCUT2D eigenvalue weighted by molar-refractivity contribution is 7.98. The lowest BCUT2D eigenvalue weighted by Crippen LogP contribution is -2.49. The molecule has 8 nitrogen and oxygen atoms in total. The molecule has 0 aromatic heterocycles. The number of rotatable bonds is 11. The number of nitrogens with one attached hydrogen (secondary N) is 2. The number of amides is 2. The molecule has 0 fully saturated rings. The Morgan fingerprint density at radius 3 is 2.21 bits per heavy atom. The molecule has 1 aliphatic carbocycles. The zero-order valence-electron chi connectivity index (χ0n) is 18.6. The fourth-order valence-corrected chi connectivity index (χ4v) is 4.35. The largest absolute Gasteiger partial charge is 0.479 e. The van der Waals surface area contributed by atoms with Gasteiger partial charge in [-0.05, 0) is 40.7 Å². The molecule has 2 amide bonds. The number of alkyl carbamates (subject to hydrolysis) is 1. The van der Waals surface area contributed by atoms with Gasteiger partial charge in [-0.15, -0.1) is 0 Å². The number of carbonyl (C=O) groups excluding carboxylic acids is 2. The SMILES string of the molecule is COC(CNC(=O)[C@H](CCSC)NC(=O)OCC1c2ccccc2-c2ccccc21)C(=O)O. The minimum Gasteiger partial charge on any atom is -0.479 e. The third-order valence-electron chi connectivity index (χ3n) is 5.58. The van der Waals surface area contributed by atoms with Gasteiger partial charge in [0.2, 0.25) is 5.91 Å². The number of carbonyl (C=O) groups is 3. The van der Waals surface area contributed by atoms with E-state index >= 15 is 0 Å². The van der Waals surface area contributed by atoms with Crippen molar-refractivity contribution in [3.05, 3.63) is 59.7 Å². The van der Waals surface area contributed by atoms with Crippen molar-refractivity contribution in [2.45, 2.75) is 24.5 Å². The van der Waals surface area contributed by atoms with Crippen molar-refractivity contribution < 1.29 is 29.0 Å². The number of hydrogen-bond acceptors (Lipinski definition) is 6. The maximum Gasteiger partial charge on any atom is 0.407 e. The Balaban J connectivity index is 1.61. The summed E-state index contributed by atoms with van der Waals surface area (Å²) in [4.78, 5) is 36.2. The first kappa shape index (κ1) is 24.6. The van der Waals surface area contributed by atoms with Crippen LogP contribution >= 0.6 is 11.8 Å². The Morgan fingerprint density at radius 2 is 1.67 bits per heavy atom. The number of thioether (sulfide) groups is 1. The number of carboxylic acid groups (broad SMARTS) is 1. The number of fused-ring (bicyclic) bond motifs is 3. The van der Waals surface area contributed by atoms with Crippen LogP contribution < -0.4 is 10.6 Å². The number of hydrogen-bond donors (Lipinski definition) is 3. The standard InChI is InChI=1S/C24H28N2O6S/c1-31-21(23(28)29)13-25-22(27)20(11-12-33-2)26-24(30)32-14-19-17-9-5-3-7-15(17)16-8-4-6-10-18(16)19/h3-10,19-21H,11-14H2,1-2H3,(H,25,27)(H,26,30)(H,28,29)/t20-,21?/m0/s1. The van der Waals surface area contributed by atoms with Gasteiger partial charge < -0.3 is 25.2 Å². The van der Waals surface area contributed by atoms with E-state index in [1.54, 1.807) is 0 Å². The molecule has 0 saturated carbocycles. The first-order valence-electron chi connectivity index (χ1n) is 10.6. The van der Waals surface area contributed by atoms with Crippen LogP contribution in [-0.4, -0.2) is 67.5 Å². The lowest BCUT2D eigenvalue weighted by atomic mass is 9.98. The molecule has 2 atom stereocenters. The van der Waals surface area contributed by atoms with Crippen LogP contribution in [0.1, 0.15) is 23.5 Å². The highest BCUT2D eigenvalue weighted by Gasteiger charge is 2.30. The van der Waals surface area contributed by atoms with E-state index in [2.05, 4.69) is 22.8 Å². The van der Waals surface area contributed by atoms with Gasteiger partial charge in [0, 0.05) is 13.0 Å². The molecule has 1 aliphatic rings. The highest BCUT2D eigenvalue weighted by atomic mass is 32.2. The molecule has 3 N–H and O–H groups in total. The van der Waals surface area contributed by atoms with Crippen molar-refractivity contribution in [1.29, 1.82) is 0 Å². The molecule has 0 aliphatic heterocycles. The van der Waals surface area contributed by atoms with Crippen molar-refractivity contribution in [3.63, 3.8) is 0 Å². The van der Waals surface area contributed by atoms with Gasteiger partial charge in [0.1, 0.15) is 12.6 Å². The maximum atomic E-state index is 12.6. The summed E-state index contributed by atoms with van der Waals surface area (Å²) in [6.07, 6.45) is 0.416. The molecular formula is C24H28N2O6S. The van der Waals surface area contributed by atoms with Crippen LogP contribution in [0.4, 0.5) is 4.79 Å². The fourth-order valence-electron chi connectivity index (χ4n) is 3.87. The summed E-state index contributed by atoms with van der Waals surface area (Å²) in [5.74, 6) is -1.11. The molecule has 2 aromatic rings. The third-order valence-corrected chi connectivity index (χ3v) is 6.23. The summed E-state index contributed by atoms with van der Waals surface area (Å²) >= 11 is 1.54. The number of methoxy groups -OCH3 is 1. The van der Waals surface area contributed by atoms with Gasteiger partial charge in [0.25, 0.3) is 0 Å². The molecule has 9 heteroatoms. The van der Waals surface area contributed by atoms with E-state index in [0.717, 1.165) is 22.3 Å². The zero-order valence-corrected chi connectivity index (χ0v) is 19.4. The monoisotopic (exact) mass is 472 g/mol. The van der Waals surface area contributed by atoms with Crippen LogP contribution in [0.2, 0.25) is 0 Å². The fraction of sp³-hybridized carbons (Fsp3) is 0.375. The minimum absolute atomic E-state index is 0.0837. The molecule has 1 unspecified atom stereocenters. The number of aliphatic carboxylic acids is 1. The quantitative estimate of drug-likeness (QED) is 0.461. The van der Waals surface area contributed by atoms with Crippen LogP contribution in [0.3, 0.4) is 0 Å². The third kappa shape index (κ3) is 6.06. The van der Waals surface area contributed by atoms with E-state index in [-0.39, 0.29) is 19.1 Å². The van der Waals surface area contributed by atoms with Crippen molar-refractivity contribution in [3.8, 4) is 11.1 Å². The predicted molar refractivity (Wildman–Crippen MR) is 126 cm³/mol. The van der Waals surface area contributed by atoms with Gasteiger partial charge in [-0.3, -0.25) is 4.79 Å². The Kier molecular flexibility index (Phi) is 8.73. The molecule has 0 heterocycles. The average molecular weight is 473 g/mol. The maximum absolute atomic E-state index is 12.6. The molecule has 2 aromatic carbocycles. The van der Waals surface area contributed by atoms with Crippen LogP contribution in [0.15, 0.2) is 48.5 Å². The van der Waals surface area contributed by atoms with Gasteiger partial charge in [-0.1, -0.05) is 48.5 Å². The molecule has 3 rings (SSSR count). The second-order valence-electron chi connectivity index (χ2n) is 7.61. The van der Waals surface area contributed by atoms with Crippen LogP contribution in [0, 0.1) is 0 Å². The van der Waals surface area contributed by atoms with Crippen molar-refractivity contribution in [2.75, 3.05) is 32.3 Å². The molecule has 33 heavy (non-hydrogen) atoms. The van der Waals surface area contributed by atoms with E-state index in [0.29, 0.717) is 12.2 Å². The Morgan fingerprint density at radius 1 is 1.06 bits per heavy atom. The van der Waals surface area contributed by atoms with Crippen LogP contribution in [-0.2, 0) is 19.1 Å². The first-order chi connectivity index (χ1) is 16.0. The molecule has 0 spiro atoms. The Hall–Kier alpha value is -3.04. The normalized spacial score (nSPS) is 14.0. The topological polar surface area (TPSA) is 114 Å². The predicted octanol–water partition coefficient (Wildman–Crippen LogP) is 2.86. The molecule has 0 radical (unpaired) electrons. The zero-order chi connectivity index (χ0) is 23.8. The molecule has 0 bridgehead atoms. The van der Waals surface area contributed by atoms with E-state index in [1.807, 2.05) is 42.7 Å². The number of carboxylic acids is 1. The van der Waals surface area contributed by atoms with Gasteiger partial charge in [-0.2, -0.15) is 11.8 Å². The summed E-state index contributed by atoms with van der Waals surface area (Å²) in [5.41, 5.74) is 4.46.